The third kappa shape index (κ3) is 3.41. The molecule has 0 spiro atoms. The van der Waals surface area contributed by atoms with Crippen LogP contribution in [0.25, 0.3) is 5.65 Å². The fourth-order valence-corrected chi connectivity index (χ4v) is 2.87. The third-order valence-electron chi connectivity index (χ3n) is 4.06. The van der Waals surface area contributed by atoms with Gasteiger partial charge < -0.3 is 4.42 Å². The van der Waals surface area contributed by atoms with Crippen LogP contribution in [-0.4, -0.2) is 29.5 Å². The van der Waals surface area contributed by atoms with Crippen molar-refractivity contribution in [2.75, 3.05) is 0 Å². The Hall–Kier alpha value is -3.06. The molecule has 3 heterocycles. The third-order valence-corrected chi connectivity index (χ3v) is 4.06. The molecule has 25 heavy (non-hydrogen) atoms. The van der Waals surface area contributed by atoms with Gasteiger partial charge in [0.1, 0.15) is 11.6 Å². The number of hydrogen-bond donors (Lipinski definition) is 0. The van der Waals surface area contributed by atoms with Crippen LogP contribution in [0.3, 0.4) is 0 Å². The van der Waals surface area contributed by atoms with E-state index in [1.807, 2.05) is 35.7 Å². The summed E-state index contributed by atoms with van der Waals surface area (Å²) in [6, 6.07) is 10.3. The van der Waals surface area contributed by atoms with Crippen molar-refractivity contribution in [1.82, 2.24) is 29.5 Å². The zero-order valence-corrected chi connectivity index (χ0v) is 13.9. The smallest absolute Gasteiger partial charge is 0.183 e. The summed E-state index contributed by atoms with van der Waals surface area (Å²) in [7, 11) is 0. The van der Waals surface area contributed by atoms with Crippen molar-refractivity contribution in [3.05, 3.63) is 78.2 Å². The van der Waals surface area contributed by atoms with Crippen LogP contribution < -0.4 is 0 Å². The molecule has 0 fully saturated rings. The van der Waals surface area contributed by atoms with E-state index in [1.54, 1.807) is 12.4 Å². The summed E-state index contributed by atoms with van der Waals surface area (Å²) in [5, 5.41) is 8.41. The van der Waals surface area contributed by atoms with Crippen LogP contribution in [0.15, 0.2) is 59.7 Å². The van der Waals surface area contributed by atoms with Crippen molar-refractivity contribution >= 4 is 5.65 Å². The van der Waals surface area contributed by atoms with Gasteiger partial charge in [-0.1, -0.05) is 30.3 Å². The number of oxazole rings is 1. The Morgan fingerprint density at radius 2 is 1.96 bits per heavy atom. The van der Waals surface area contributed by atoms with E-state index in [1.165, 1.54) is 12.0 Å². The Morgan fingerprint density at radius 1 is 1.08 bits per heavy atom. The molecule has 7 nitrogen and oxygen atoms in total. The molecule has 0 bridgehead atoms. The lowest BCUT2D eigenvalue weighted by atomic mass is 10.2. The maximum atomic E-state index is 5.42. The molecule has 0 aliphatic rings. The zero-order chi connectivity index (χ0) is 17.1. The maximum absolute atomic E-state index is 5.42. The summed E-state index contributed by atoms with van der Waals surface area (Å²) in [6.45, 7) is 3.99. The molecule has 0 radical (unpaired) electrons. The minimum Gasteiger partial charge on any atom is -0.447 e. The maximum Gasteiger partial charge on any atom is 0.183 e. The summed E-state index contributed by atoms with van der Waals surface area (Å²) in [6.07, 6.45) is 6.87. The summed E-state index contributed by atoms with van der Waals surface area (Å²) in [5.74, 6) is 1.67. The minimum absolute atomic E-state index is 0.637. The molecule has 0 aliphatic carbocycles. The highest BCUT2D eigenvalue weighted by Gasteiger charge is 2.15. The summed E-state index contributed by atoms with van der Waals surface area (Å²) in [4.78, 5) is 10.8. The molecule has 0 atom stereocenters. The number of hydrogen-bond acceptors (Lipinski definition) is 6. The fraction of sp³-hybridized carbons (Fsp3) is 0.222. The SMILES string of the molecule is Cc1nnc2c(CN(Cc3ccccc3)Cc3cnco3)nccn12. The van der Waals surface area contributed by atoms with Gasteiger partial charge in [-0.2, -0.15) is 0 Å². The predicted octanol–water partition coefficient (Wildman–Crippen LogP) is 2.62. The summed E-state index contributed by atoms with van der Waals surface area (Å²) in [5.41, 5.74) is 2.90. The first kappa shape index (κ1) is 15.5. The molecule has 0 amide bonds. The van der Waals surface area contributed by atoms with E-state index in [4.69, 9.17) is 4.42 Å². The van der Waals surface area contributed by atoms with Crippen LogP contribution in [-0.2, 0) is 19.6 Å². The van der Waals surface area contributed by atoms with Gasteiger partial charge in [0, 0.05) is 25.5 Å². The molecule has 0 unspecified atom stereocenters. The molecule has 4 aromatic rings. The van der Waals surface area contributed by atoms with E-state index in [2.05, 4.69) is 37.2 Å². The van der Waals surface area contributed by atoms with Crippen molar-refractivity contribution in [2.45, 2.75) is 26.6 Å². The van der Waals surface area contributed by atoms with Gasteiger partial charge in [0.25, 0.3) is 0 Å². The minimum atomic E-state index is 0.637. The Morgan fingerprint density at radius 3 is 2.76 bits per heavy atom. The average molecular weight is 334 g/mol. The van der Waals surface area contributed by atoms with Gasteiger partial charge in [-0.3, -0.25) is 14.3 Å². The summed E-state index contributed by atoms with van der Waals surface area (Å²) < 4.78 is 7.38. The lowest BCUT2D eigenvalue weighted by Gasteiger charge is -2.21. The molecule has 0 saturated heterocycles. The molecular formula is C18H18N6O. The van der Waals surface area contributed by atoms with Gasteiger partial charge in [0.05, 0.1) is 18.4 Å². The number of benzene rings is 1. The number of aromatic nitrogens is 5. The quantitative estimate of drug-likeness (QED) is 0.540. The van der Waals surface area contributed by atoms with Crippen LogP contribution >= 0.6 is 0 Å². The molecule has 4 rings (SSSR count). The van der Waals surface area contributed by atoms with Crippen molar-refractivity contribution in [1.29, 1.82) is 0 Å². The van der Waals surface area contributed by atoms with Crippen molar-refractivity contribution in [3.63, 3.8) is 0 Å². The first-order chi connectivity index (χ1) is 12.3. The molecule has 0 saturated carbocycles. The first-order valence-corrected chi connectivity index (χ1v) is 8.08. The Labute approximate surface area is 145 Å². The molecule has 7 heteroatoms. The topological polar surface area (TPSA) is 72.3 Å². The van der Waals surface area contributed by atoms with Crippen LogP contribution in [0.4, 0.5) is 0 Å². The van der Waals surface area contributed by atoms with Gasteiger partial charge in [-0.05, 0) is 12.5 Å². The fourth-order valence-electron chi connectivity index (χ4n) is 2.87. The van der Waals surface area contributed by atoms with E-state index >= 15 is 0 Å². The zero-order valence-electron chi connectivity index (χ0n) is 13.9. The standard InChI is InChI=1S/C18H18N6O/c1-14-21-22-18-17(20-7-8-24(14)18)12-23(11-16-9-19-13-25-16)10-15-5-3-2-4-6-15/h2-9,13H,10-12H2,1H3. The van der Waals surface area contributed by atoms with E-state index in [-0.39, 0.29) is 0 Å². The predicted molar refractivity (Wildman–Crippen MR) is 91.4 cm³/mol. The monoisotopic (exact) mass is 334 g/mol. The number of rotatable bonds is 6. The number of fused-ring (bicyclic) bond motifs is 1. The average Bonchev–Trinajstić information content (AvgIpc) is 3.27. The van der Waals surface area contributed by atoms with Gasteiger partial charge in [0.15, 0.2) is 12.0 Å². The lowest BCUT2D eigenvalue weighted by Crippen LogP contribution is -2.23. The van der Waals surface area contributed by atoms with Gasteiger partial charge >= 0.3 is 0 Å². The molecule has 0 aliphatic heterocycles. The van der Waals surface area contributed by atoms with Crippen molar-refractivity contribution in [3.8, 4) is 0 Å². The first-order valence-electron chi connectivity index (χ1n) is 8.08. The van der Waals surface area contributed by atoms with Crippen LogP contribution in [0, 0.1) is 6.92 Å². The molecule has 126 valence electrons. The molecule has 0 N–H and O–H groups in total. The highest BCUT2D eigenvalue weighted by atomic mass is 16.3. The molecule has 1 aromatic carbocycles. The highest BCUT2D eigenvalue weighted by Crippen LogP contribution is 2.15. The van der Waals surface area contributed by atoms with E-state index in [9.17, 15) is 0 Å². The van der Waals surface area contributed by atoms with E-state index in [0.717, 1.165) is 29.5 Å². The van der Waals surface area contributed by atoms with E-state index < -0.39 is 0 Å². The van der Waals surface area contributed by atoms with E-state index in [0.29, 0.717) is 13.1 Å². The highest BCUT2D eigenvalue weighted by molar-refractivity contribution is 5.43. The van der Waals surface area contributed by atoms with Crippen LogP contribution in [0.1, 0.15) is 22.8 Å². The largest absolute Gasteiger partial charge is 0.447 e. The summed E-state index contributed by atoms with van der Waals surface area (Å²) >= 11 is 0. The normalized spacial score (nSPS) is 11.4. The lowest BCUT2D eigenvalue weighted by molar-refractivity contribution is 0.225. The van der Waals surface area contributed by atoms with Gasteiger partial charge in [-0.25, -0.2) is 4.98 Å². The second kappa shape index (κ2) is 6.82. The molecular weight excluding hydrogens is 316 g/mol. The second-order valence-corrected chi connectivity index (χ2v) is 5.91. The Balaban J connectivity index is 1.62. The van der Waals surface area contributed by atoms with Crippen LogP contribution in [0.5, 0.6) is 0 Å². The van der Waals surface area contributed by atoms with Crippen LogP contribution in [0.2, 0.25) is 0 Å². The molecule has 3 aromatic heterocycles. The second-order valence-electron chi connectivity index (χ2n) is 5.91. The number of nitrogens with zero attached hydrogens (tertiary/aromatic N) is 6. The Kier molecular flexibility index (Phi) is 4.22. The van der Waals surface area contributed by atoms with Crippen molar-refractivity contribution < 1.29 is 4.42 Å². The van der Waals surface area contributed by atoms with Gasteiger partial charge in [0.2, 0.25) is 0 Å². The van der Waals surface area contributed by atoms with Crippen molar-refractivity contribution in [2.24, 2.45) is 0 Å². The Bertz CT molecular complexity index is 948. The number of aryl methyl sites for hydroxylation is 1. The van der Waals surface area contributed by atoms with Gasteiger partial charge in [-0.15, -0.1) is 10.2 Å².